The zero-order valence-electron chi connectivity index (χ0n) is 17.5. The number of hydrogen-bond acceptors (Lipinski definition) is 5. The Morgan fingerprint density at radius 3 is 2.42 bits per heavy atom. The van der Waals surface area contributed by atoms with Crippen molar-refractivity contribution in [3.05, 3.63) is 66.0 Å². The maximum atomic E-state index is 13.0. The normalized spacial score (nSPS) is 15.2. The van der Waals surface area contributed by atoms with Crippen molar-refractivity contribution in [2.75, 3.05) is 45.2 Å². The molecular weight excluding hydrogens is 397 g/mol. The number of nitrogens with zero attached hydrogens (tertiary/aromatic N) is 2. The standard InChI is InChI=1S/C24H26FN3O3/c1-31-20-8-2-17-3-9-23(29)22(21(17)14-20)15-27-10-12-28(13-11-27)16-24(30)26-19-6-4-18(25)5-7-19/h2-9,14,29H,10-13,15-16H2,1H3,(H,26,30). The molecule has 1 amide bonds. The van der Waals surface area contributed by atoms with Crippen LogP contribution in [0.4, 0.5) is 10.1 Å². The number of aromatic hydroxyl groups is 1. The summed E-state index contributed by atoms with van der Waals surface area (Å²) in [6.07, 6.45) is 0. The Hall–Kier alpha value is -3.16. The number of anilines is 1. The molecule has 0 saturated carbocycles. The van der Waals surface area contributed by atoms with Gasteiger partial charge in [-0.3, -0.25) is 14.6 Å². The Bertz CT molecular complexity index is 1060. The first-order valence-corrected chi connectivity index (χ1v) is 10.3. The molecule has 0 unspecified atom stereocenters. The summed E-state index contributed by atoms with van der Waals surface area (Å²) >= 11 is 0. The van der Waals surface area contributed by atoms with Crippen molar-refractivity contribution < 1.29 is 19.0 Å². The average molecular weight is 423 g/mol. The Morgan fingerprint density at radius 1 is 1.03 bits per heavy atom. The number of fused-ring (bicyclic) bond motifs is 1. The van der Waals surface area contributed by atoms with Gasteiger partial charge in [0.2, 0.25) is 5.91 Å². The highest BCUT2D eigenvalue weighted by molar-refractivity contribution is 5.92. The first kappa shape index (κ1) is 21.1. The average Bonchev–Trinajstić information content (AvgIpc) is 2.78. The van der Waals surface area contributed by atoms with E-state index in [9.17, 15) is 14.3 Å². The predicted octanol–water partition coefficient (Wildman–Crippen LogP) is 3.45. The van der Waals surface area contributed by atoms with E-state index in [0.717, 1.165) is 48.3 Å². The minimum Gasteiger partial charge on any atom is -0.508 e. The Kier molecular flexibility index (Phi) is 6.34. The fourth-order valence-corrected chi connectivity index (χ4v) is 3.91. The van der Waals surface area contributed by atoms with Gasteiger partial charge >= 0.3 is 0 Å². The van der Waals surface area contributed by atoms with Gasteiger partial charge in [0.1, 0.15) is 17.3 Å². The van der Waals surface area contributed by atoms with E-state index in [2.05, 4.69) is 15.1 Å². The molecule has 0 bridgehead atoms. The lowest BCUT2D eigenvalue weighted by molar-refractivity contribution is -0.117. The molecule has 4 rings (SSSR count). The van der Waals surface area contributed by atoms with Crippen molar-refractivity contribution in [1.29, 1.82) is 0 Å². The number of carbonyl (C=O) groups excluding carboxylic acids is 1. The summed E-state index contributed by atoms with van der Waals surface area (Å²) in [5.41, 5.74) is 1.48. The third kappa shape index (κ3) is 5.13. The highest BCUT2D eigenvalue weighted by Crippen LogP contribution is 2.31. The zero-order chi connectivity index (χ0) is 21.8. The fraction of sp³-hybridized carbons (Fsp3) is 0.292. The molecule has 1 aliphatic rings. The van der Waals surface area contributed by atoms with Crippen molar-refractivity contribution >= 4 is 22.4 Å². The molecule has 1 heterocycles. The second kappa shape index (κ2) is 9.32. The van der Waals surface area contributed by atoms with Gasteiger partial charge in [0.25, 0.3) is 0 Å². The highest BCUT2D eigenvalue weighted by Gasteiger charge is 2.21. The quantitative estimate of drug-likeness (QED) is 0.636. The third-order valence-corrected chi connectivity index (χ3v) is 5.66. The van der Waals surface area contributed by atoms with Gasteiger partial charge in [-0.25, -0.2) is 4.39 Å². The third-order valence-electron chi connectivity index (χ3n) is 5.66. The monoisotopic (exact) mass is 423 g/mol. The number of rotatable bonds is 6. The Balaban J connectivity index is 1.34. The van der Waals surface area contributed by atoms with E-state index >= 15 is 0 Å². The molecule has 3 aromatic rings. The number of hydrogen-bond donors (Lipinski definition) is 2. The summed E-state index contributed by atoms with van der Waals surface area (Å²) in [5, 5.41) is 15.3. The summed E-state index contributed by atoms with van der Waals surface area (Å²) in [7, 11) is 1.63. The van der Waals surface area contributed by atoms with Gasteiger partial charge in [0.15, 0.2) is 0 Å². The number of amides is 1. The minimum absolute atomic E-state index is 0.112. The number of carbonyl (C=O) groups is 1. The van der Waals surface area contributed by atoms with Gasteiger partial charge in [-0.05, 0) is 53.2 Å². The van der Waals surface area contributed by atoms with Crippen molar-refractivity contribution in [3.63, 3.8) is 0 Å². The van der Waals surface area contributed by atoms with E-state index in [1.165, 1.54) is 12.1 Å². The molecule has 0 aliphatic carbocycles. The molecule has 0 radical (unpaired) electrons. The van der Waals surface area contributed by atoms with Gasteiger partial charge in [0.05, 0.1) is 13.7 Å². The smallest absolute Gasteiger partial charge is 0.238 e. The van der Waals surface area contributed by atoms with Gasteiger partial charge in [-0.15, -0.1) is 0 Å². The zero-order valence-corrected chi connectivity index (χ0v) is 17.5. The number of methoxy groups -OCH3 is 1. The van der Waals surface area contributed by atoms with Crippen LogP contribution in [0.25, 0.3) is 10.8 Å². The Labute approximate surface area is 180 Å². The lowest BCUT2D eigenvalue weighted by Crippen LogP contribution is -2.48. The van der Waals surface area contributed by atoms with Gasteiger partial charge in [-0.1, -0.05) is 12.1 Å². The number of nitrogens with one attached hydrogen (secondary N) is 1. The molecule has 1 aliphatic heterocycles. The molecule has 6 nitrogen and oxygen atoms in total. The lowest BCUT2D eigenvalue weighted by Gasteiger charge is -2.34. The van der Waals surface area contributed by atoms with Crippen LogP contribution in [0.2, 0.25) is 0 Å². The summed E-state index contributed by atoms with van der Waals surface area (Å²) < 4.78 is 18.3. The van der Waals surface area contributed by atoms with Crippen LogP contribution in [-0.2, 0) is 11.3 Å². The minimum atomic E-state index is -0.329. The molecular formula is C24H26FN3O3. The molecule has 31 heavy (non-hydrogen) atoms. The molecule has 1 fully saturated rings. The van der Waals surface area contributed by atoms with Gasteiger partial charge < -0.3 is 15.2 Å². The lowest BCUT2D eigenvalue weighted by atomic mass is 10.0. The largest absolute Gasteiger partial charge is 0.508 e. The maximum Gasteiger partial charge on any atom is 0.238 e. The van der Waals surface area contributed by atoms with Crippen molar-refractivity contribution in [1.82, 2.24) is 9.80 Å². The summed E-state index contributed by atoms with van der Waals surface area (Å²) in [4.78, 5) is 16.7. The van der Waals surface area contributed by atoms with E-state index in [0.29, 0.717) is 18.8 Å². The van der Waals surface area contributed by atoms with Crippen molar-refractivity contribution in [3.8, 4) is 11.5 Å². The second-order valence-electron chi connectivity index (χ2n) is 7.76. The second-order valence-corrected chi connectivity index (χ2v) is 7.76. The van der Waals surface area contributed by atoms with E-state index in [4.69, 9.17) is 4.74 Å². The number of phenols is 1. The van der Waals surface area contributed by atoms with Crippen LogP contribution in [0, 0.1) is 5.82 Å². The number of halogens is 1. The van der Waals surface area contributed by atoms with Crippen molar-refractivity contribution in [2.45, 2.75) is 6.54 Å². The van der Waals surface area contributed by atoms with Crippen molar-refractivity contribution in [2.24, 2.45) is 0 Å². The van der Waals surface area contributed by atoms with Crippen LogP contribution in [0.1, 0.15) is 5.56 Å². The molecule has 162 valence electrons. The summed E-state index contributed by atoms with van der Waals surface area (Å²) in [5.74, 6) is 0.599. The molecule has 1 saturated heterocycles. The van der Waals surface area contributed by atoms with Crippen LogP contribution in [0.3, 0.4) is 0 Å². The van der Waals surface area contributed by atoms with E-state index in [-0.39, 0.29) is 17.5 Å². The number of piperazine rings is 1. The summed E-state index contributed by atoms with van der Waals surface area (Å²) in [6, 6.07) is 15.3. The van der Waals surface area contributed by atoms with E-state index < -0.39 is 0 Å². The van der Waals surface area contributed by atoms with Crippen LogP contribution in [-0.4, -0.2) is 60.6 Å². The molecule has 2 N–H and O–H groups in total. The maximum absolute atomic E-state index is 13.0. The first-order chi connectivity index (χ1) is 15.0. The SMILES string of the molecule is COc1ccc2ccc(O)c(CN3CCN(CC(=O)Nc4ccc(F)cc4)CC3)c2c1. The number of ether oxygens (including phenoxy) is 1. The van der Waals surface area contributed by atoms with E-state index in [1.54, 1.807) is 25.3 Å². The van der Waals surface area contributed by atoms with Crippen LogP contribution < -0.4 is 10.1 Å². The number of benzene rings is 3. The van der Waals surface area contributed by atoms with Gasteiger partial charge in [-0.2, -0.15) is 0 Å². The van der Waals surface area contributed by atoms with Gasteiger partial charge in [0, 0.05) is 44.0 Å². The molecule has 3 aromatic carbocycles. The van der Waals surface area contributed by atoms with E-state index in [1.807, 2.05) is 24.3 Å². The highest BCUT2D eigenvalue weighted by atomic mass is 19.1. The topological polar surface area (TPSA) is 65.0 Å². The molecule has 0 aromatic heterocycles. The molecule has 0 spiro atoms. The van der Waals surface area contributed by atoms with Crippen LogP contribution >= 0.6 is 0 Å². The Morgan fingerprint density at radius 2 is 1.71 bits per heavy atom. The predicted molar refractivity (Wildman–Crippen MR) is 119 cm³/mol. The van der Waals surface area contributed by atoms with Crippen LogP contribution in [0.5, 0.6) is 11.5 Å². The molecule has 0 atom stereocenters. The fourth-order valence-electron chi connectivity index (χ4n) is 3.91. The molecule has 7 heteroatoms. The summed E-state index contributed by atoms with van der Waals surface area (Å²) in [6.45, 7) is 4.03. The number of phenolic OH excluding ortho intramolecular Hbond substituents is 1. The van der Waals surface area contributed by atoms with Crippen LogP contribution in [0.15, 0.2) is 54.6 Å². The first-order valence-electron chi connectivity index (χ1n) is 10.3.